The summed E-state index contributed by atoms with van der Waals surface area (Å²) in [4.78, 5) is 2.68. The van der Waals surface area contributed by atoms with Crippen molar-refractivity contribution in [3.05, 3.63) is 246 Å². The highest BCUT2D eigenvalue weighted by molar-refractivity contribution is 6.10. The van der Waals surface area contributed by atoms with E-state index in [0.29, 0.717) is 0 Å². The summed E-state index contributed by atoms with van der Waals surface area (Å²) in [6.07, 6.45) is 17.0. The van der Waals surface area contributed by atoms with Crippen LogP contribution < -0.4 is 4.90 Å². The Morgan fingerprint density at radius 2 is 1.06 bits per heavy atom. The average molecular weight is 810 g/mol. The molecule has 1 unspecified atom stereocenters. The van der Waals surface area contributed by atoms with Crippen LogP contribution in [0.25, 0.3) is 67.6 Å². The zero-order valence-corrected chi connectivity index (χ0v) is 35.2. The molecule has 0 aliphatic heterocycles. The van der Waals surface area contributed by atoms with Crippen LogP contribution in [0, 0.1) is 0 Å². The Kier molecular flexibility index (Phi) is 9.26. The maximum Gasteiger partial charge on any atom is 0.0650 e. The second kappa shape index (κ2) is 15.7. The maximum atomic E-state index is 2.68. The van der Waals surface area contributed by atoms with Gasteiger partial charge in [0.1, 0.15) is 0 Å². The van der Waals surface area contributed by atoms with Gasteiger partial charge in [-0.1, -0.05) is 146 Å². The topological polar surface area (TPSA) is 13.1 Å². The van der Waals surface area contributed by atoms with Crippen molar-refractivity contribution in [3.8, 4) is 22.5 Å². The third-order valence-corrected chi connectivity index (χ3v) is 13.5. The van der Waals surface area contributed by atoms with Crippen LogP contribution in [0.2, 0.25) is 0 Å². The highest BCUT2D eigenvalue weighted by Gasteiger charge is 2.35. The first kappa shape index (κ1) is 37.2. The van der Waals surface area contributed by atoms with Crippen molar-refractivity contribution in [3.63, 3.8) is 0 Å². The van der Waals surface area contributed by atoms with Gasteiger partial charge in [-0.3, -0.25) is 0 Å². The fourth-order valence-electron chi connectivity index (χ4n) is 10.6. The van der Waals surface area contributed by atoms with E-state index in [1.165, 1.54) is 100 Å². The summed E-state index contributed by atoms with van der Waals surface area (Å²) in [6, 6.07) is 68.8. The summed E-state index contributed by atoms with van der Waals surface area (Å²) >= 11 is 0. The number of anilines is 1. The molecule has 302 valence electrons. The minimum atomic E-state index is 0.103. The van der Waals surface area contributed by atoms with Gasteiger partial charge >= 0.3 is 0 Å². The first-order valence-electron chi connectivity index (χ1n) is 22.5. The molecular formula is C60H47N3. The Bertz CT molecular complexity index is 3270. The summed E-state index contributed by atoms with van der Waals surface area (Å²) in [5, 5.41) is 2.58. The van der Waals surface area contributed by atoms with E-state index in [-0.39, 0.29) is 6.04 Å². The maximum absolute atomic E-state index is 2.68. The third-order valence-electron chi connectivity index (χ3n) is 13.5. The molecule has 3 nitrogen and oxygen atoms in total. The summed E-state index contributed by atoms with van der Waals surface area (Å²) in [6.45, 7) is 0. The molecule has 2 aromatic heterocycles. The van der Waals surface area contributed by atoms with Gasteiger partial charge in [0.25, 0.3) is 0 Å². The van der Waals surface area contributed by atoms with Gasteiger partial charge in [-0.25, -0.2) is 0 Å². The number of rotatable bonds is 8. The normalized spacial score (nSPS) is 15.7. The van der Waals surface area contributed by atoms with Gasteiger partial charge in [-0.05, 0) is 138 Å². The number of benzene rings is 7. The highest BCUT2D eigenvalue weighted by Crippen LogP contribution is 2.48. The first-order chi connectivity index (χ1) is 31.3. The molecule has 1 atom stereocenters. The monoisotopic (exact) mass is 809 g/mol. The molecule has 0 bridgehead atoms. The van der Waals surface area contributed by atoms with Crippen molar-refractivity contribution in [2.45, 2.75) is 38.1 Å². The average Bonchev–Trinajstić information content (AvgIpc) is 3.88. The van der Waals surface area contributed by atoms with Gasteiger partial charge in [-0.15, -0.1) is 0 Å². The van der Waals surface area contributed by atoms with Crippen molar-refractivity contribution in [1.82, 2.24) is 9.13 Å². The zero-order valence-electron chi connectivity index (χ0n) is 35.2. The van der Waals surface area contributed by atoms with E-state index in [4.69, 9.17) is 0 Å². The molecule has 3 aliphatic carbocycles. The predicted octanol–water partition coefficient (Wildman–Crippen LogP) is 15.5. The van der Waals surface area contributed by atoms with E-state index >= 15 is 0 Å². The van der Waals surface area contributed by atoms with Crippen LogP contribution in [0.4, 0.5) is 5.69 Å². The van der Waals surface area contributed by atoms with Gasteiger partial charge in [-0.2, -0.15) is 0 Å². The smallest absolute Gasteiger partial charge is 0.0650 e. The lowest BCUT2D eigenvalue weighted by Gasteiger charge is -2.38. The van der Waals surface area contributed by atoms with Crippen molar-refractivity contribution < 1.29 is 0 Å². The van der Waals surface area contributed by atoms with Crippen molar-refractivity contribution in [2.75, 3.05) is 4.90 Å². The second-order valence-electron chi connectivity index (χ2n) is 17.1. The minimum Gasteiger partial charge on any atom is -0.337 e. The molecule has 3 heteroatoms. The van der Waals surface area contributed by atoms with E-state index in [2.05, 4.69) is 232 Å². The van der Waals surface area contributed by atoms with E-state index in [1.54, 1.807) is 0 Å². The molecule has 0 saturated heterocycles. The number of aromatic nitrogens is 2. The molecule has 0 spiro atoms. The SMILES string of the molecule is C1=Cc2c(c3c(n2-c2ccccc2)CCC(c2ccc4c(c2)c2ccccc2n4-c2ccccc2)=C3)C(N(C2=CC=C(c3ccccc3)CC2)c2ccc(-c3ccccc3)cc2)C1. The Labute approximate surface area is 369 Å². The molecular weight excluding hydrogens is 763 g/mol. The van der Waals surface area contributed by atoms with Gasteiger partial charge in [0.2, 0.25) is 0 Å². The van der Waals surface area contributed by atoms with E-state index in [1.807, 2.05) is 0 Å². The van der Waals surface area contributed by atoms with Gasteiger partial charge < -0.3 is 14.0 Å². The lowest BCUT2D eigenvalue weighted by Crippen LogP contribution is -2.30. The fraction of sp³-hybridized carbons (Fsp3) is 0.100. The summed E-state index contributed by atoms with van der Waals surface area (Å²) < 4.78 is 4.98. The number of hydrogen-bond acceptors (Lipinski definition) is 1. The van der Waals surface area contributed by atoms with Crippen molar-refractivity contribution in [1.29, 1.82) is 0 Å². The quantitative estimate of drug-likeness (QED) is 0.149. The first-order valence-corrected chi connectivity index (χ1v) is 22.5. The lowest BCUT2D eigenvalue weighted by molar-refractivity contribution is 0.654. The number of para-hydroxylation sites is 3. The van der Waals surface area contributed by atoms with E-state index in [9.17, 15) is 0 Å². The van der Waals surface area contributed by atoms with E-state index in [0.717, 1.165) is 32.1 Å². The largest absolute Gasteiger partial charge is 0.337 e. The molecule has 0 fully saturated rings. The van der Waals surface area contributed by atoms with Crippen molar-refractivity contribution >= 4 is 50.8 Å². The molecule has 0 radical (unpaired) electrons. The number of hydrogen-bond donors (Lipinski definition) is 0. The summed E-state index contributed by atoms with van der Waals surface area (Å²) in [5.74, 6) is 0. The van der Waals surface area contributed by atoms with Crippen LogP contribution in [0.5, 0.6) is 0 Å². The van der Waals surface area contributed by atoms with E-state index < -0.39 is 0 Å². The van der Waals surface area contributed by atoms with Crippen molar-refractivity contribution in [2.24, 2.45) is 0 Å². The Hall–Kier alpha value is -7.62. The van der Waals surface area contributed by atoms with Crippen LogP contribution in [0.15, 0.2) is 212 Å². The van der Waals surface area contributed by atoms with Crippen LogP contribution in [-0.2, 0) is 6.42 Å². The minimum absolute atomic E-state index is 0.103. The zero-order chi connectivity index (χ0) is 41.7. The van der Waals surface area contributed by atoms with Gasteiger partial charge in [0.15, 0.2) is 0 Å². The van der Waals surface area contributed by atoms with Crippen LogP contribution in [-0.4, -0.2) is 9.13 Å². The lowest BCUT2D eigenvalue weighted by atomic mass is 9.85. The van der Waals surface area contributed by atoms with Gasteiger partial charge in [0, 0.05) is 50.4 Å². The Morgan fingerprint density at radius 3 is 1.78 bits per heavy atom. The molecule has 9 aromatic rings. The Balaban J connectivity index is 1.03. The van der Waals surface area contributed by atoms with Crippen LogP contribution >= 0.6 is 0 Å². The summed E-state index contributed by atoms with van der Waals surface area (Å²) in [7, 11) is 0. The molecule has 3 aliphatic rings. The summed E-state index contributed by atoms with van der Waals surface area (Å²) in [5.41, 5.74) is 20.8. The second-order valence-corrected chi connectivity index (χ2v) is 17.1. The molecule has 63 heavy (non-hydrogen) atoms. The Morgan fingerprint density at radius 1 is 0.460 bits per heavy atom. The molecule has 12 rings (SSSR count). The molecule has 2 heterocycles. The number of allylic oxidation sites excluding steroid dienone is 5. The molecule has 7 aromatic carbocycles. The number of fused-ring (bicyclic) bond motifs is 6. The molecule has 0 saturated carbocycles. The third kappa shape index (κ3) is 6.51. The highest BCUT2D eigenvalue weighted by atomic mass is 15.2. The standard InChI is InChI=1S/C60H47N3/c1-5-16-42(17-6-1)44-28-34-50(35-29-44)61(51-36-30-45(31-37-51)43-18-7-2-8-19-43)58-26-15-27-59-60(58)54-41-47(33-39-57(54)63(59)49-22-11-4-12-23-49)46-32-38-56-53(40-46)52-24-13-14-25-55(52)62(56)48-20-9-3-10-21-48/h1-25,27-30,32,34-36,38,40-41,58H,26,31,33,37,39H2. The molecule has 0 N–H and O–H groups in total. The predicted molar refractivity (Wildman–Crippen MR) is 265 cm³/mol. The number of nitrogens with zero attached hydrogens (tertiary/aromatic N) is 3. The van der Waals surface area contributed by atoms with Gasteiger partial charge in [0.05, 0.1) is 22.8 Å². The van der Waals surface area contributed by atoms with Crippen LogP contribution in [0.1, 0.15) is 65.4 Å². The fourth-order valence-corrected chi connectivity index (χ4v) is 10.6. The van der Waals surface area contributed by atoms with Crippen LogP contribution in [0.3, 0.4) is 0 Å². The molecule has 0 amide bonds.